The topological polar surface area (TPSA) is 132 Å². The molecule has 3 saturated heterocycles. The van der Waals surface area contributed by atoms with Gasteiger partial charge in [-0.1, -0.05) is 12.8 Å². The van der Waals surface area contributed by atoms with Crippen LogP contribution in [-0.2, 0) is 21.4 Å². The Hall–Kier alpha value is -3.23. The summed E-state index contributed by atoms with van der Waals surface area (Å²) in [6.45, 7) is 0.575. The van der Waals surface area contributed by atoms with Gasteiger partial charge in [0.05, 0.1) is 23.9 Å². The van der Waals surface area contributed by atoms with Crippen molar-refractivity contribution in [3.63, 3.8) is 0 Å². The smallest absolute Gasteiger partial charge is 0.255 e. The molecule has 2 aliphatic carbocycles. The number of halogens is 2. The van der Waals surface area contributed by atoms with Crippen LogP contribution in [-0.4, -0.2) is 69.0 Å². The van der Waals surface area contributed by atoms with Gasteiger partial charge in [0.1, 0.15) is 18.1 Å². The Balaban J connectivity index is 1.37. The maximum atomic E-state index is 15.1. The Kier molecular flexibility index (Phi) is 7.29. The second-order valence-corrected chi connectivity index (χ2v) is 11.3. The zero-order chi connectivity index (χ0) is 27.0. The molecule has 5 aliphatic rings. The number of amides is 3. The predicted molar refractivity (Wildman–Crippen MR) is 133 cm³/mol. The van der Waals surface area contributed by atoms with Crippen molar-refractivity contribution in [3.8, 4) is 6.07 Å². The lowest BCUT2D eigenvalue weighted by molar-refractivity contribution is -0.194. The summed E-state index contributed by atoms with van der Waals surface area (Å²) in [5.74, 6) is -5.76. The summed E-state index contributed by atoms with van der Waals surface area (Å²) in [6, 6.07) is -1.81. The summed E-state index contributed by atoms with van der Waals surface area (Å²) in [5, 5.41) is 22.5. The number of hydrogen-bond donors (Lipinski definition) is 3. The van der Waals surface area contributed by atoms with Crippen molar-refractivity contribution in [2.24, 2.45) is 24.8 Å². The standard InChI is InChI=1S/C26H35F2N7O3/c1-34-14-18(13-31-34)32-21(9-15-4-5-15)25(38)35-19-6-7-20(26(27,28)11-19)22(35)24(37)33-17(12-29)10-16-3-2-8-30-23(16)36/h13-17,19-22,32H,2-11H2,1H3,(H,30,36)(H,33,37)/t16-,17+,19-,20-,21-,22-/m0/s1. The molecule has 38 heavy (non-hydrogen) atoms. The van der Waals surface area contributed by atoms with Gasteiger partial charge in [-0.05, 0) is 44.4 Å². The fraction of sp³-hybridized carbons (Fsp3) is 0.731. The van der Waals surface area contributed by atoms with Gasteiger partial charge in [0.15, 0.2) is 0 Å². The molecule has 5 fully saturated rings. The largest absolute Gasteiger partial charge is 0.371 e. The lowest BCUT2D eigenvalue weighted by Gasteiger charge is -2.54. The second-order valence-electron chi connectivity index (χ2n) is 11.3. The van der Waals surface area contributed by atoms with Crippen molar-refractivity contribution < 1.29 is 23.2 Å². The van der Waals surface area contributed by atoms with Crippen molar-refractivity contribution in [1.29, 1.82) is 5.26 Å². The number of anilines is 1. The molecule has 4 heterocycles. The summed E-state index contributed by atoms with van der Waals surface area (Å²) in [5.41, 5.74) is 0.648. The number of nitrogens with one attached hydrogen (secondary N) is 3. The molecule has 3 N–H and O–H groups in total. The quantitative estimate of drug-likeness (QED) is 0.446. The summed E-state index contributed by atoms with van der Waals surface area (Å²) in [4.78, 5) is 41.1. The van der Waals surface area contributed by atoms with Crippen LogP contribution in [0.25, 0.3) is 0 Å². The Labute approximate surface area is 220 Å². The number of alkyl halides is 2. The zero-order valence-electron chi connectivity index (χ0n) is 21.5. The molecule has 3 aliphatic heterocycles. The number of hydrogen-bond acceptors (Lipinski definition) is 6. The highest BCUT2D eigenvalue weighted by atomic mass is 19.3. The van der Waals surface area contributed by atoms with Crippen LogP contribution < -0.4 is 16.0 Å². The number of aryl methyl sites for hydroxylation is 1. The summed E-state index contributed by atoms with van der Waals surface area (Å²) >= 11 is 0. The maximum absolute atomic E-state index is 15.1. The number of carbonyl (C=O) groups is 3. The highest BCUT2D eigenvalue weighted by Gasteiger charge is 2.61. The van der Waals surface area contributed by atoms with Crippen LogP contribution in [0, 0.1) is 29.1 Å². The highest BCUT2D eigenvalue weighted by molar-refractivity contribution is 5.92. The van der Waals surface area contributed by atoms with Crippen molar-refractivity contribution >= 4 is 23.4 Å². The van der Waals surface area contributed by atoms with Gasteiger partial charge in [-0.15, -0.1) is 0 Å². The molecular weight excluding hydrogens is 496 g/mol. The minimum atomic E-state index is -3.09. The van der Waals surface area contributed by atoms with E-state index in [-0.39, 0.29) is 24.7 Å². The molecule has 6 atom stereocenters. The number of aromatic nitrogens is 2. The number of carbonyl (C=O) groups excluding carboxylic acids is 3. The van der Waals surface area contributed by atoms with E-state index in [9.17, 15) is 19.6 Å². The highest BCUT2D eigenvalue weighted by Crippen LogP contribution is 2.49. The molecular formula is C26H35F2N7O3. The average molecular weight is 532 g/mol. The third kappa shape index (κ3) is 5.47. The van der Waals surface area contributed by atoms with E-state index in [4.69, 9.17) is 0 Å². The Morgan fingerprint density at radius 1 is 1.26 bits per heavy atom. The minimum absolute atomic E-state index is 0.103. The van der Waals surface area contributed by atoms with Crippen LogP contribution in [0.3, 0.4) is 0 Å². The molecule has 1 aromatic heterocycles. The molecule has 10 nitrogen and oxygen atoms in total. The minimum Gasteiger partial charge on any atom is -0.371 e. The molecule has 1 aromatic rings. The molecule has 0 radical (unpaired) electrons. The lowest BCUT2D eigenvalue weighted by atomic mass is 9.71. The van der Waals surface area contributed by atoms with Crippen LogP contribution in [0.4, 0.5) is 14.5 Å². The fourth-order valence-corrected chi connectivity index (χ4v) is 6.36. The number of rotatable bonds is 9. The van der Waals surface area contributed by atoms with Crippen molar-refractivity contribution in [1.82, 2.24) is 25.3 Å². The number of nitrogens with zero attached hydrogens (tertiary/aromatic N) is 4. The number of fused-ring (bicyclic) bond motifs is 3. The molecule has 6 rings (SSSR count). The molecule has 0 spiro atoms. The van der Waals surface area contributed by atoms with E-state index in [2.05, 4.69) is 21.0 Å². The Bertz CT molecular complexity index is 1110. The van der Waals surface area contributed by atoms with Crippen LogP contribution in [0.5, 0.6) is 0 Å². The van der Waals surface area contributed by atoms with E-state index in [0.717, 1.165) is 19.3 Å². The number of nitriles is 1. The summed E-state index contributed by atoms with van der Waals surface area (Å²) in [7, 11) is 1.76. The first kappa shape index (κ1) is 26.4. The van der Waals surface area contributed by atoms with E-state index in [1.165, 1.54) is 4.90 Å². The molecule has 2 bridgehead atoms. The van der Waals surface area contributed by atoms with Gasteiger partial charge >= 0.3 is 0 Å². The lowest BCUT2D eigenvalue weighted by Crippen LogP contribution is -2.70. The SMILES string of the molecule is Cn1cc(N[C@@H](CC2CC2)C(=O)N2[C@H]3CC[C@@H]([C@H]2C(=O)N[C@@H](C#N)C[C@@H]2CCCNC2=O)C(F)(F)C3)cn1. The fourth-order valence-electron chi connectivity index (χ4n) is 6.36. The van der Waals surface area contributed by atoms with Gasteiger partial charge in [-0.2, -0.15) is 10.4 Å². The molecule has 3 amide bonds. The average Bonchev–Trinajstić information content (AvgIpc) is 3.61. The Morgan fingerprint density at radius 3 is 2.68 bits per heavy atom. The predicted octanol–water partition coefficient (Wildman–Crippen LogP) is 1.94. The third-order valence-corrected chi connectivity index (χ3v) is 8.46. The van der Waals surface area contributed by atoms with Crippen LogP contribution in [0.2, 0.25) is 0 Å². The van der Waals surface area contributed by atoms with E-state index in [0.29, 0.717) is 37.4 Å². The first-order chi connectivity index (χ1) is 18.2. The third-order valence-electron chi connectivity index (χ3n) is 8.46. The second kappa shape index (κ2) is 10.5. The van der Waals surface area contributed by atoms with Crippen molar-refractivity contribution in [3.05, 3.63) is 12.4 Å². The first-order valence-electron chi connectivity index (χ1n) is 13.6. The monoisotopic (exact) mass is 531 g/mol. The van der Waals surface area contributed by atoms with Gasteiger partial charge in [0.2, 0.25) is 17.7 Å². The Morgan fingerprint density at radius 2 is 2.05 bits per heavy atom. The van der Waals surface area contributed by atoms with E-state index in [1.54, 1.807) is 24.1 Å². The van der Waals surface area contributed by atoms with E-state index >= 15 is 8.78 Å². The van der Waals surface area contributed by atoms with Gasteiger partial charge in [0.25, 0.3) is 5.92 Å². The van der Waals surface area contributed by atoms with E-state index in [1.807, 2.05) is 6.07 Å². The van der Waals surface area contributed by atoms with Crippen molar-refractivity contribution in [2.45, 2.75) is 87.9 Å². The summed E-state index contributed by atoms with van der Waals surface area (Å²) < 4.78 is 31.8. The van der Waals surface area contributed by atoms with E-state index < -0.39 is 54.3 Å². The van der Waals surface area contributed by atoms with Crippen LogP contribution >= 0.6 is 0 Å². The zero-order valence-corrected chi connectivity index (χ0v) is 21.5. The van der Waals surface area contributed by atoms with Gasteiger partial charge in [0, 0.05) is 38.2 Å². The molecule has 12 heteroatoms. The van der Waals surface area contributed by atoms with Crippen molar-refractivity contribution in [2.75, 3.05) is 11.9 Å². The summed E-state index contributed by atoms with van der Waals surface area (Å²) in [6.07, 6.45) is 7.44. The van der Waals surface area contributed by atoms with Gasteiger partial charge in [-0.25, -0.2) is 8.78 Å². The molecule has 206 valence electrons. The maximum Gasteiger partial charge on any atom is 0.255 e. The van der Waals surface area contributed by atoms with Gasteiger partial charge in [-0.3, -0.25) is 19.1 Å². The van der Waals surface area contributed by atoms with Crippen LogP contribution in [0.15, 0.2) is 12.4 Å². The van der Waals surface area contributed by atoms with Crippen LogP contribution in [0.1, 0.15) is 57.8 Å². The van der Waals surface area contributed by atoms with Gasteiger partial charge < -0.3 is 20.9 Å². The number of piperidine rings is 3. The molecule has 0 aromatic carbocycles. The molecule has 0 unspecified atom stereocenters. The molecule has 2 saturated carbocycles. The normalized spacial score (nSPS) is 29.6. The first-order valence-corrected chi connectivity index (χ1v) is 13.6.